The molecule has 0 aliphatic heterocycles. The summed E-state index contributed by atoms with van der Waals surface area (Å²) in [5, 5.41) is 4.40. The summed E-state index contributed by atoms with van der Waals surface area (Å²) in [6, 6.07) is 8.70. The van der Waals surface area contributed by atoms with Crippen LogP contribution in [0.4, 0.5) is 11.8 Å². The van der Waals surface area contributed by atoms with Crippen molar-refractivity contribution < 1.29 is 0 Å². The molecule has 6 heteroatoms. The van der Waals surface area contributed by atoms with E-state index in [1.165, 1.54) is 12.8 Å². The number of nitrogens with two attached hydrogens (primary N) is 1. The second kappa shape index (κ2) is 5.60. The minimum absolute atomic E-state index is 0.432. The minimum atomic E-state index is 0.432. The van der Waals surface area contributed by atoms with Crippen LogP contribution in [0.3, 0.4) is 0 Å². The van der Waals surface area contributed by atoms with Gasteiger partial charge in [-0.25, -0.2) is 10.8 Å². The van der Waals surface area contributed by atoms with E-state index >= 15 is 0 Å². The highest BCUT2D eigenvalue weighted by Gasteiger charge is 2.25. The number of hydrogen-bond acceptors (Lipinski definition) is 6. The number of hydrogen-bond donors (Lipinski definition) is 3. The Morgan fingerprint density at radius 3 is 2.85 bits per heavy atom. The Hall–Kier alpha value is -1.92. The molecule has 0 radical (unpaired) electrons. The molecule has 106 valence electrons. The Morgan fingerprint density at radius 2 is 2.10 bits per heavy atom. The van der Waals surface area contributed by atoms with Crippen molar-refractivity contribution in [1.29, 1.82) is 0 Å². The molecule has 0 saturated heterocycles. The van der Waals surface area contributed by atoms with Gasteiger partial charge in [0, 0.05) is 24.5 Å². The van der Waals surface area contributed by atoms with Crippen molar-refractivity contribution in [3.8, 4) is 0 Å². The van der Waals surface area contributed by atoms with Gasteiger partial charge in [0.15, 0.2) is 0 Å². The van der Waals surface area contributed by atoms with Crippen LogP contribution >= 0.6 is 0 Å². The van der Waals surface area contributed by atoms with Crippen LogP contribution in [0, 0.1) is 0 Å². The number of aromatic nitrogens is 2. The second-order valence-corrected chi connectivity index (χ2v) is 5.20. The predicted octanol–water partition coefficient (Wildman–Crippen LogP) is 1.42. The van der Waals surface area contributed by atoms with Crippen LogP contribution in [-0.4, -0.2) is 41.0 Å². The van der Waals surface area contributed by atoms with Crippen molar-refractivity contribution in [2.24, 2.45) is 5.84 Å². The van der Waals surface area contributed by atoms with Gasteiger partial charge in [0.2, 0.25) is 5.95 Å². The Labute approximate surface area is 118 Å². The number of nitrogens with one attached hydrogen (secondary N) is 2. The fourth-order valence-electron chi connectivity index (χ4n) is 2.32. The lowest BCUT2D eigenvalue weighted by Crippen LogP contribution is -2.27. The first-order valence-corrected chi connectivity index (χ1v) is 6.95. The molecule has 1 aromatic carbocycles. The second-order valence-electron chi connectivity index (χ2n) is 5.20. The summed E-state index contributed by atoms with van der Waals surface area (Å²) in [5.74, 6) is 6.68. The van der Waals surface area contributed by atoms with E-state index in [0.717, 1.165) is 35.9 Å². The highest BCUT2D eigenvalue weighted by Crippen LogP contribution is 2.25. The zero-order valence-corrected chi connectivity index (χ0v) is 11.6. The van der Waals surface area contributed by atoms with Gasteiger partial charge in [-0.15, -0.1) is 0 Å². The van der Waals surface area contributed by atoms with Crippen LogP contribution in [0.25, 0.3) is 10.9 Å². The summed E-state index contributed by atoms with van der Waals surface area (Å²) in [5.41, 5.74) is 3.40. The molecule has 3 rings (SSSR count). The Morgan fingerprint density at radius 1 is 1.30 bits per heavy atom. The molecule has 4 N–H and O–H groups in total. The number of benzene rings is 1. The molecule has 0 spiro atoms. The Bertz CT molecular complexity index is 595. The highest BCUT2D eigenvalue weighted by molar-refractivity contribution is 5.89. The summed E-state index contributed by atoms with van der Waals surface area (Å²) in [6.07, 6.45) is 2.66. The lowest BCUT2D eigenvalue weighted by molar-refractivity contribution is 0.337. The van der Waals surface area contributed by atoms with Crippen molar-refractivity contribution in [3.63, 3.8) is 0 Å². The molecule has 1 fully saturated rings. The fourth-order valence-corrected chi connectivity index (χ4v) is 2.32. The van der Waals surface area contributed by atoms with Gasteiger partial charge in [-0.05, 0) is 32.0 Å². The quantitative estimate of drug-likeness (QED) is 0.545. The van der Waals surface area contributed by atoms with E-state index in [2.05, 4.69) is 32.7 Å². The van der Waals surface area contributed by atoms with Crippen molar-refractivity contribution in [3.05, 3.63) is 24.3 Å². The average molecular weight is 272 g/mol. The summed E-state index contributed by atoms with van der Waals surface area (Å²) in [6.45, 7) is 1.87. The first-order chi connectivity index (χ1) is 9.78. The number of nitrogens with zero attached hydrogens (tertiary/aromatic N) is 3. The van der Waals surface area contributed by atoms with Gasteiger partial charge >= 0.3 is 0 Å². The average Bonchev–Trinajstić information content (AvgIpc) is 3.31. The van der Waals surface area contributed by atoms with Gasteiger partial charge in [0.25, 0.3) is 0 Å². The molecule has 1 saturated carbocycles. The zero-order valence-electron chi connectivity index (χ0n) is 11.6. The molecule has 0 amide bonds. The standard InChI is InChI=1S/C14H20N6/c1-20(10-6-7-10)9-8-16-13-11-4-2-3-5-12(11)17-14(18-13)19-15/h2-5,10H,6-9,15H2,1H3,(H2,16,17,18,19). The van der Waals surface area contributed by atoms with Gasteiger partial charge in [-0.2, -0.15) is 4.98 Å². The molecular formula is C14H20N6. The molecule has 1 aliphatic rings. The summed E-state index contributed by atoms with van der Waals surface area (Å²) < 4.78 is 0. The fraction of sp³-hybridized carbons (Fsp3) is 0.429. The number of nitrogen functional groups attached to an aromatic ring is 1. The highest BCUT2D eigenvalue weighted by atomic mass is 15.3. The van der Waals surface area contributed by atoms with E-state index in [4.69, 9.17) is 5.84 Å². The topological polar surface area (TPSA) is 79.1 Å². The monoisotopic (exact) mass is 272 g/mol. The van der Waals surface area contributed by atoms with Crippen molar-refractivity contribution in [1.82, 2.24) is 14.9 Å². The predicted molar refractivity (Wildman–Crippen MR) is 81.5 cm³/mol. The van der Waals surface area contributed by atoms with Crippen LogP contribution in [0.1, 0.15) is 12.8 Å². The SMILES string of the molecule is CN(CCNc1nc(NN)nc2ccccc12)C1CC1. The third-order valence-electron chi connectivity index (χ3n) is 3.66. The normalized spacial score (nSPS) is 14.8. The Balaban J connectivity index is 1.75. The molecule has 1 aliphatic carbocycles. The van der Waals surface area contributed by atoms with E-state index in [0.29, 0.717) is 5.95 Å². The van der Waals surface area contributed by atoms with Crippen LogP contribution in [0.5, 0.6) is 0 Å². The molecular weight excluding hydrogens is 252 g/mol. The lowest BCUT2D eigenvalue weighted by Gasteiger charge is -2.16. The number of fused-ring (bicyclic) bond motifs is 1. The van der Waals surface area contributed by atoms with Crippen LogP contribution in [-0.2, 0) is 0 Å². The van der Waals surface area contributed by atoms with Crippen molar-refractivity contribution in [2.75, 3.05) is 30.9 Å². The van der Waals surface area contributed by atoms with E-state index in [-0.39, 0.29) is 0 Å². The molecule has 0 bridgehead atoms. The number of rotatable bonds is 6. The zero-order chi connectivity index (χ0) is 13.9. The Kier molecular flexibility index (Phi) is 3.66. The van der Waals surface area contributed by atoms with Crippen molar-refractivity contribution >= 4 is 22.7 Å². The smallest absolute Gasteiger partial charge is 0.239 e. The van der Waals surface area contributed by atoms with Crippen LogP contribution < -0.4 is 16.6 Å². The number of para-hydroxylation sites is 1. The van der Waals surface area contributed by atoms with Gasteiger partial charge in [-0.3, -0.25) is 5.43 Å². The van der Waals surface area contributed by atoms with E-state index in [1.54, 1.807) is 0 Å². The molecule has 20 heavy (non-hydrogen) atoms. The molecule has 1 aromatic heterocycles. The van der Waals surface area contributed by atoms with Crippen molar-refractivity contribution in [2.45, 2.75) is 18.9 Å². The van der Waals surface area contributed by atoms with E-state index in [9.17, 15) is 0 Å². The number of hydrazine groups is 1. The first kappa shape index (κ1) is 13.1. The lowest BCUT2D eigenvalue weighted by atomic mass is 10.2. The summed E-state index contributed by atoms with van der Waals surface area (Å²) in [4.78, 5) is 11.1. The van der Waals surface area contributed by atoms with E-state index < -0.39 is 0 Å². The number of likely N-dealkylation sites (N-methyl/N-ethyl adjacent to an activating group) is 1. The van der Waals surface area contributed by atoms with Crippen LogP contribution in [0.15, 0.2) is 24.3 Å². The molecule has 2 aromatic rings. The third kappa shape index (κ3) is 2.81. The molecule has 0 atom stereocenters. The maximum atomic E-state index is 5.42. The van der Waals surface area contributed by atoms with E-state index in [1.807, 2.05) is 24.3 Å². The molecule has 6 nitrogen and oxygen atoms in total. The van der Waals surface area contributed by atoms with Gasteiger partial charge in [0.1, 0.15) is 5.82 Å². The van der Waals surface area contributed by atoms with Gasteiger partial charge in [0.05, 0.1) is 5.52 Å². The molecule has 0 unspecified atom stereocenters. The third-order valence-corrected chi connectivity index (χ3v) is 3.66. The summed E-state index contributed by atoms with van der Waals surface area (Å²) >= 11 is 0. The largest absolute Gasteiger partial charge is 0.368 e. The maximum Gasteiger partial charge on any atom is 0.239 e. The first-order valence-electron chi connectivity index (χ1n) is 6.95. The van der Waals surface area contributed by atoms with Crippen LogP contribution in [0.2, 0.25) is 0 Å². The summed E-state index contributed by atoms with van der Waals surface area (Å²) in [7, 11) is 2.17. The minimum Gasteiger partial charge on any atom is -0.368 e. The van der Waals surface area contributed by atoms with Gasteiger partial charge < -0.3 is 10.2 Å². The maximum absolute atomic E-state index is 5.42. The number of anilines is 2. The molecule has 1 heterocycles. The van der Waals surface area contributed by atoms with Gasteiger partial charge in [-0.1, -0.05) is 12.1 Å².